The zero-order valence-corrected chi connectivity index (χ0v) is 15.3. The molecule has 0 bridgehead atoms. The summed E-state index contributed by atoms with van der Waals surface area (Å²) >= 11 is 0. The van der Waals surface area contributed by atoms with Crippen LogP contribution in [0.15, 0.2) is 24.3 Å². The second-order valence-corrected chi connectivity index (χ2v) is 6.75. The highest BCUT2D eigenvalue weighted by Gasteiger charge is 2.19. The van der Waals surface area contributed by atoms with E-state index in [1.165, 1.54) is 33.0 Å². The third-order valence-corrected chi connectivity index (χ3v) is 5.23. The SMILES string of the molecule is CCOC(=O)c1cc2ccc3c(c2[nH]1)c1c(C)c(C)cc(C)c1n3C. The highest BCUT2D eigenvalue weighted by atomic mass is 16.5. The second kappa shape index (κ2) is 5.38. The van der Waals surface area contributed by atoms with Crippen molar-refractivity contribution in [1.82, 2.24) is 9.55 Å². The second-order valence-electron chi connectivity index (χ2n) is 6.75. The van der Waals surface area contributed by atoms with Gasteiger partial charge in [0.25, 0.3) is 0 Å². The summed E-state index contributed by atoms with van der Waals surface area (Å²) in [6.45, 7) is 8.67. The number of aryl methyl sites for hydroxylation is 4. The van der Waals surface area contributed by atoms with Gasteiger partial charge in [-0.2, -0.15) is 0 Å². The fourth-order valence-electron chi connectivity index (χ4n) is 3.97. The van der Waals surface area contributed by atoms with Crippen LogP contribution in [-0.4, -0.2) is 22.1 Å². The molecule has 0 atom stereocenters. The first kappa shape index (κ1) is 15.8. The Labute approximate surface area is 146 Å². The molecule has 128 valence electrons. The third kappa shape index (κ3) is 2.10. The average Bonchev–Trinajstić information content (AvgIpc) is 3.12. The summed E-state index contributed by atoms with van der Waals surface area (Å²) in [6.07, 6.45) is 0. The number of rotatable bonds is 2. The molecule has 25 heavy (non-hydrogen) atoms. The molecule has 0 aliphatic heterocycles. The van der Waals surface area contributed by atoms with Gasteiger partial charge in [0.05, 0.1) is 23.2 Å². The number of fused-ring (bicyclic) bond motifs is 5. The van der Waals surface area contributed by atoms with E-state index in [1.54, 1.807) is 0 Å². The van der Waals surface area contributed by atoms with Gasteiger partial charge in [-0.1, -0.05) is 12.1 Å². The molecule has 2 aromatic heterocycles. The van der Waals surface area contributed by atoms with Crippen LogP contribution in [-0.2, 0) is 11.8 Å². The van der Waals surface area contributed by atoms with E-state index in [0.717, 1.165) is 16.4 Å². The van der Waals surface area contributed by atoms with Crippen LogP contribution in [0, 0.1) is 20.8 Å². The normalized spacial score (nSPS) is 11.7. The average molecular weight is 334 g/mol. The van der Waals surface area contributed by atoms with Crippen LogP contribution < -0.4 is 0 Å². The lowest BCUT2D eigenvalue weighted by atomic mass is 9.99. The minimum absolute atomic E-state index is 0.309. The molecular weight excluding hydrogens is 312 g/mol. The molecule has 0 unspecified atom stereocenters. The van der Waals surface area contributed by atoms with Crippen LogP contribution >= 0.6 is 0 Å². The zero-order chi connectivity index (χ0) is 17.9. The molecule has 2 aromatic carbocycles. The van der Waals surface area contributed by atoms with Crippen molar-refractivity contribution in [2.24, 2.45) is 7.05 Å². The Balaban J connectivity index is 2.18. The van der Waals surface area contributed by atoms with Gasteiger partial charge in [0, 0.05) is 23.2 Å². The monoisotopic (exact) mass is 334 g/mol. The number of aromatic amines is 1. The summed E-state index contributed by atoms with van der Waals surface area (Å²) in [6, 6.07) is 8.32. The highest BCUT2D eigenvalue weighted by molar-refractivity contribution is 6.22. The molecular formula is C21H22N2O2. The Morgan fingerprint density at radius 2 is 1.88 bits per heavy atom. The van der Waals surface area contributed by atoms with E-state index in [1.807, 2.05) is 13.0 Å². The largest absolute Gasteiger partial charge is 0.461 e. The summed E-state index contributed by atoms with van der Waals surface area (Å²) in [4.78, 5) is 15.4. The molecule has 4 aromatic rings. The predicted octanol–water partition coefficient (Wildman–Crippen LogP) is 4.91. The number of carbonyl (C=O) groups excluding carboxylic acids is 1. The van der Waals surface area contributed by atoms with Gasteiger partial charge in [-0.25, -0.2) is 4.79 Å². The number of aromatic nitrogens is 2. The first-order chi connectivity index (χ1) is 11.9. The quantitative estimate of drug-likeness (QED) is 0.529. The lowest BCUT2D eigenvalue weighted by molar-refractivity contribution is 0.0520. The number of H-pyrrole nitrogens is 1. The molecule has 4 nitrogen and oxygen atoms in total. The minimum Gasteiger partial charge on any atom is -0.461 e. The van der Waals surface area contributed by atoms with Gasteiger partial charge in [0.15, 0.2) is 0 Å². The maximum Gasteiger partial charge on any atom is 0.354 e. The molecule has 0 spiro atoms. The minimum atomic E-state index is -0.309. The Morgan fingerprint density at radius 3 is 2.60 bits per heavy atom. The summed E-state index contributed by atoms with van der Waals surface area (Å²) in [5.74, 6) is -0.309. The molecule has 4 heteroatoms. The maximum atomic E-state index is 12.1. The van der Waals surface area contributed by atoms with Gasteiger partial charge in [-0.15, -0.1) is 0 Å². The van der Waals surface area contributed by atoms with E-state index in [2.05, 4.69) is 55.6 Å². The number of hydrogen-bond acceptors (Lipinski definition) is 2. The summed E-state index contributed by atoms with van der Waals surface area (Å²) < 4.78 is 7.40. The van der Waals surface area contributed by atoms with Crippen LogP contribution in [0.2, 0.25) is 0 Å². The van der Waals surface area contributed by atoms with Gasteiger partial charge >= 0.3 is 5.97 Å². The Kier molecular flexibility index (Phi) is 3.39. The Bertz CT molecular complexity index is 1160. The predicted molar refractivity (Wildman–Crippen MR) is 102 cm³/mol. The first-order valence-corrected chi connectivity index (χ1v) is 8.61. The lowest BCUT2D eigenvalue weighted by Crippen LogP contribution is -2.04. The molecule has 0 aliphatic rings. The Morgan fingerprint density at radius 1 is 1.12 bits per heavy atom. The maximum absolute atomic E-state index is 12.1. The van der Waals surface area contributed by atoms with E-state index in [9.17, 15) is 4.79 Å². The number of nitrogens with zero attached hydrogens (tertiary/aromatic N) is 1. The fourth-order valence-corrected chi connectivity index (χ4v) is 3.97. The van der Waals surface area contributed by atoms with Crippen molar-refractivity contribution < 1.29 is 9.53 Å². The number of carbonyl (C=O) groups is 1. The molecule has 0 amide bonds. The summed E-state index contributed by atoms with van der Waals surface area (Å²) in [5.41, 5.74) is 7.75. The van der Waals surface area contributed by atoms with E-state index in [0.29, 0.717) is 12.3 Å². The van der Waals surface area contributed by atoms with Gasteiger partial charge in [0.2, 0.25) is 0 Å². The fraction of sp³-hybridized carbons (Fsp3) is 0.286. The van der Waals surface area contributed by atoms with E-state index < -0.39 is 0 Å². The lowest BCUT2D eigenvalue weighted by Gasteiger charge is -2.07. The number of nitrogens with one attached hydrogen (secondary N) is 1. The zero-order valence-electron chi connectivity index (χ0n) is 15.3. The van der Waals surface area contributed by atoms with Gasteiger partial charge in [-0.05, 0) is 56.5 Å². The van der Waals surface area contributed by atoms with Crippen molar-refractivity contribution >= 4 is 38.7 Å². The number of esters is 1. The van der Waals surface area contributed by atoms with E-state index >= 15 is 0 Å². The number of hydrogen-bond donors (Lipinski definition) is 1. The summed E-state index contributed by atoms with van der Waals surface area (Å²) in [7, 11) is 2.10. The van der Waals surface area contributed by atoms with Crippen molar-refractivity contribution in [3.63, 3.8) is 0 Å². The van der Waals surface area contributed by atoms with Crippen molar-refractivity contribution in [1.29, 1.82) is 0 Å². The van der Waals surface area contributed by atoms with Gasteiger partial charge in [0.1, 0.15) is 5.69 Å². The number of benzene rings is 2. The molecule has 1 N–H and O–H groups in total. The standard InChI is InChI=1S/C21H22N2O2/c1-6-25-21(24)15-10-14-7-8-16-18(19(14)22-15)17-13(4)11(2)9-12(3)20(17)23(16)5/h7-10,22H,6H2,1-5H3. The van der Waals surface area contributed by atoms with Crippen molar-refractivity contribution in [2.45, 2.75) is 27.7 Å². The molecule has 4 rings (SSSR count). The van der Waals surface area contributed by atoms with Crippen molar-refractivity contribution in [2.75, 3.05) is 6.61 Å². The van der Waals surface area contributed by atoms with Crippen LogP contribution in [0.3, 0.4) is 0 Å². The molecule has 0 radical (unpaired) electrons. The Hall–Kier alpha value is -2.75. The highest BCUT2D eigenvalue weighted by Crippen LogP contribution is 2.38. The summed E-state index contributed by atoms with van der Waals surface area (Å²) in [5, 5.41) is 3.47. The molecule has 0 aliphatic carbocycles. The third-order valence-electron chi connectivity index (χ3n) is 5.23. The van der Waals surface area contributed by atoms with Crippen LogP contribution in [0.25, 0.3) is 32.7 Å². The van der Waals surface area contributed by atoms with E-state index in [-0.39, 0.29) is 5.97 Å². The molecule has 2 heterocycles. The van der Waals surface area contributed by atoms with Crippen LogP contribution in [0.1, 0.15) is 34.1 Å². The molecule has 0 fully saturated rings. The van der Waals surface area contributed by atoms with Crippen molar-refractivity contribution in [3.05, 3.63) is 46.6 Å². The van der Waals surface area contributed by atoms with Gasteiger partial charge in [-0.3, -0.25) is 0 Å². The van der Waals surface area contributed by atoms with Crippen molar-refractivity contribution in [3.8, 4) is 0 Å². The van der Waals surface area contributed by atoms with Crippen LogP contribution in [0.5, 0.6) is 0 Å². The number of ether oxygens (including phenoxy) is 1. The van der Waals surface area contributed by atoms with Gasteiger partial charge < -0.3 is 14.3 Å². The van der Waals surface area contributed by atoms with Crippen LogP contribution in [0.4, 0.5) is 0 Å². The first-order valence-electron chi connectivity index (χ1n) is 8.61. The molecule has 0 saturated heterocycles. The van der Waals surface area contributed by atoms with E-state index in [4.69, 9.17) is 4.74 Å². The smallest absolute Gasteiger partial charge is 0.354 e. The topological polar surface area (TPSA) is 47.0 Å². The molecule has 0 saturated carbocycles.